The predicted molar refractivity (Wildman–Crippen MR) is 96.4 cm³/mol. The van der Waals surface area contributed by atoms with Gasteiger partial charge in [-0.05, 0) is 31.5 Å². The van der Waals surface area contributed by atoms with E-state index in [9.17, 15) is 9.90 Å². The Hall–Kier alpha value is -1.67. The van der Waals surface area contributed by atoms with E-state index < -0.39 is 12.1 Å². The average molecular weight is 370 g/mol. The van der Waals surface area contributed by atoms with Crippen molar-refractivity contribution in [2.24, 2.45) is 0 Å². The highest BCUT2D eigenvalue weighted by atomic mass is 16.6. The van der Waals surface area contributed by atoms with Crippen molar-refractivity contribution in [1.82, 2.24) is 0 Å². The Kier molecular flexibility index (Phi) is 12.5. The molecule has 0 unspecified atom stereocenters. The van der Waals surface area contributed by atoms with E-state index in [1.807, 2.05) is 19.1 Å². The summed E-state index contributed by atoms with van der Waals surface area (Å²) < 4.78 is 26.2. The highest BCUT2D eigenvalue weighted by molar-refractivity contribution is 5.74. The van der Waals surface area contributed by atoms with Gasteiger partial charge in [-0.3, -0.25) is 0 Å². The Morgan fingerprint density at radius 2 is 1.46 bits per heavy atom. The lowest BCUT2D eigenvalue weighted by molar-refractivity contribution is -0.152. The van der Waals surface area contributed by atoms with E-state index >= 15 is 0 Å². The molecule has 0 aliphatic carbocycles. The normalized spacial score (nSPS) is 12.0. The molecule has 0 radical (unpaired) electrons. The highest BCUT2D eigenvalue weighted by Crippen LogP contribution is 2.13. The summed E-state index contributed by atoms with van der Waals surface area (Å²) in [6.07, 6.45) is -0.934. The highest BCUT2D eigenvalue weighted by Gasteiger charge is 2.16. The summed E-state index contributed by atoms with van der Waals surface area (Å²) in [6.45, 7) is 7.73. The minimum absolute atomic E-state index is 0.214. The van der Waals surface area contributed by atoms with Crippen LogP contribution in [0.25, 0.3) is 0 Å². The number of esters is 1. The minimum Gasteiger partial charge on any atom is -0.491 e. The topological polar surface area (TPSA) is 83.5 Å². The molecule has 0 amide bonds. The molecular formula is C19H30O7. The van der Waals surface area contributed by atoms with Gasteiger partial charge in [-0.15, -0.1) is 0 Å². The van der Waals surface area contributed by atoms with E-state index in [4.69, 9.17) is 23.7 Å². The molecule has 1 aromatic carbocycles. The lowest BCUT2D eigenvalue weighted by Crippen LogP contribution is -2.25. The number of ether oxygens (including phenoxy) is 5. The van der Waals surface area contributed by atoms with Gasteiger partial charge in [-0.2, -0.15) is 0 Å². The van der Waals surface area contributed by atoms with Crippen LogP contribution >= 0.6 is 0 Å². The largest absolute Gasteiger partial charge is 0.491 e. The molecule has 1 N–H and O–H groups in total. The fourth-order valence-electron chi connectivity index (χ4n) is 2.07. The third-order valence-corrected chi connectivity index (χ3v) is 3.36. The Bertz CT molecular complexity index is 475. The molecule has 1 atom stereocenters. The van der Waals surface area contributed by atoms with Gasteiger partial charge in [0.25, 0.3) is 0 Å². The quantitative estimate of drug-likeness (QED) is 0.371. The van der Waals surface area contributed by atoms with Gasteiger partial charge < -0.3 is 28.8 Å². The molecule has 0 spiro atoms. The maximum Gasteiger partial charge on any atom is 0.335 e. The van der Waals surface area contributed by atoms with Crippen molar-refractivity contribution < 1.29 is 33.6 Å². The van der Waals surface area contributed by atoms with Crippen LogP contribution in [0.1, 0.15) is 19.4 Å². The van der Waals surface area contributed by atoms with Crippen LogP contribution in [0.3, 0.4) is 0 Å². The van der Waals surface area contributed by atoms with E-state index in [0.29, 0.717) is 52.0 Å². The van der Waals surface area contributed by atoms with Gasteiger partial charge in [0.2, 0.25) is 0 Å². The van der Waals surface area contributed by atoms with E-state index in [1.165, 1.54) is 0 Å². The zero-order chi connectivity index (χ0) is 19.0. The van der Waals surface area contributed by atoms with Crippen LogP contribution in [0.5, 0.6) is 5.75 Å². The van der Waals surface area contributed by atoms with Crippen molar-refractivity contribution in [3.63, 3.8) is 0 Å². The zero-order valence-corrected chi connectivity index (χ0v) is 15.6. The summed E-state index contributed by atoms with van der Waals surface area (Å²) in [5.41, 5.74) is 0.832. The van der Waals surface area contributed by atoms with Crippen molar-refractivity contribution in [1.29, 1.82) is 0 Å². The second kappa shape index (κ2) is 14.5. The van der Waals surface area contributed by atoms with Crippen molar-refractivity contribution in [3.05, 3.63) is 29.8 Å². The van der Waals surface area contributed by atoms with Crippen molar-refractivity contribution in [3.8, 4) is 5.75 Å². The smallest absolute Gasteiger partial charge is 0.335 e. The first-order valence-electron chi connectivity index (χ1n) is 8.97. The number of hydrogen-bond donors (Lipinski definition) is 1. The van der Waals surface area contributed by atoms with Crippen molar-refractivity contribution in [2.75, 3.05) is 52.9 Å². The van der Waals surface area contributed by atoms with Gasteiger partial charge in [-0.1, -0.05) is 12.1 Å². The summed E-state index contributed by atoms with van der Waals surface area (Å²) in [5.74, 6) is 0.0998. The molecule has 0 heterocycles. The third kappa shape index (κ3) is 10.4. The van der Waals surface area contributed by atoms with Crippen LogP contribution in [-0.4, -0.2) is 70.0 Å². The second-order valence-electron chi connectivity index (χ2n) is 5.39. The summed E-state index contributed by atoms with van der Waals surface area (Å²) in [6, 6.07) is 7.21. The fourth-order valence-corrected chi connectivity index (χ4v) is 2.07. The molecule has 7 heteroatoms. The minimum atomic E-state index is -1.15. The standard InChI is InChI=1S/C19H30O7/c1-3-22-9-10-23-11-12-24-13-14-26-17-7-5-16(6-8-17)15-18(20)19(21)25-4-2/h5-8,18,20H,3-4,9-15H2,1-2H3/t18-/m1/s1. The number of aliphatic hydroxyl groups is 1. The summed E-state index contributed by atoms with van der Waals surface area (Å²) in [5, 5.41) is 9.74. The lowest BCUT2D eigenvalue weighted by atomic mass is 10.1. The molecule has 7 nitrogen and oxygen atoms in total. The Morgan fingerprint density at radius 3 is 2.04 bits per heavy atom. The van der Waals surface area contributed by atoms with Crippen LogP contribution < -0.4 is 4.74 Å². The summed E-state index contributed by atoms with van der Waals surface area (Å²) in [7, 11) is 0. The van der Waals surface area contributed by atoms with E-state index in [0.717, 1.165) is 5.56 Å². The Labute approximate surface area is 155 Å². The molecule has 0 bridgehead atoms. The Morgan fingerprint density at radius 1 is 0.885 bits per heavy atom. The number of carbonyl (C=O) groups is 1. The molecular weight excluding hydrogens is 340 g/mol. The molecule has 0 aromatic heterocycles. The number of carbonyl (C=O) groups excluding carboxylic acids is 1. The van der Waals surface area contributed by atoms with Gasteiger partial charge in [0.15, 0.2) is 6.10 Å². The van der Waals surface area contributed by atoms with Crippen LogP contribution in [-0.2, 0) is 30.2 Å². The van der Waals surface area contributed by atoms with Gasteiger partial charge in [0.05, 0.1) is 39.6 Å². The lowest BCUT2D eigenvalue weighted by Gasteiger charge is -2.11. The first-order valence-corrected chi connectivity index (χ1v) is 8.97. The molecule has 148 valence electrons. The summed E-state index contributed by atoms with van der Waals surface area (Å²) >= 11 is 0. The summed E-state index contributed by atoms with van der Waals surface area (Å²) in [4.78, 5) is 11.4. The zero-order valence-electron chi connectivity index (χ0n) is 15.6. The van der Waals surface area contributed by atoms with E-state index in [2.05, 4.69) is 0 Å². The first kappa shape index (κ1) is 22.4. The van der Waals surface area contributed by atoms with E-state index in [-0.39, 0.29) is 13.0 Å². The predicted octanol–water partition coefficient (Wildman–Crippen LogP) is 1.60. The molecule has 0 aliphatic rings. The molecule has 1 rings (SSSR count). The van der Waals surface area contributed by atoms with Gasteiger partial charge in [0, 0.05) is 13.0 Å². The second-order valence-corrected chi connectivity index (χ2v) is 5.39. The van der Waals surface area contributed by atoms with Crippen LogP contribution in [0, 0.1) is 0 Å². The molecule has 0 aliphatic heterocycles. The van der Waals surface area contributed by atoms with Crippen molar-refractivity contribution in [2.45, 2.75) is 26.4 Å². The maximum absolute atomic E-state index is 11.4. The third-order valence-electron chi connectivity index (χ3n) is 3.36. The maximum atomic E-state index is 11.4. The van der Waals surface area contributed by atoms with E-state index in [1.54, 1.807) is 19.1 Å². The first-order chi connectivity index (χ1) is 12.7. The van der Waals surface area contributed by atoms with Crippen molar-refractivity contribution >= 4 is 5.97 Å². The molecule has 0 saturated carbocycles. The molecule has 0 saturated heterocycles. The number of benzene rings is 1. The van der Waals surface area contributed by atoms with Gasteiger partial charge in [0.1, 0.15) is 12.4 Å². The molecule has 0 fully saturated rings. The Balaban J connectivity index is 2.10. The van der Waals surface area contributed by atoms with Crippen LogP contribution in [0.15, 0.2) is 24.3 Å². The fraction of sp³-hybridized carbons (Fsp3) is 0.632. The van der Waals surface area contributed by atoms with Crippen LogP contribution in [0.2, 0.25) is 0 Å². The van der Waals surface area contributed by atoms with Crippen LogP contribution in [0.4, 0.5) is 0 Å². The monoisotopic (exact) mass is 370 g/mol. The SMILES string of the molecule is CCOCCOCCOCCOc1ccc(C[C@@H](O)C(=O)OCC)cc1. The number of aliphatic hydroxyl groups excluding tert-OH is 1. The number of hydrogen-bond acceptors (Lipinski definition) is 7. The average Bonchev–Trinajstić information content (AvgIpc) is 2.64. The van der Waals surface area contributed by atoms with Gasteiger partial charge >= 0.3 is 5.97 Å². The molecule has 1 aromatic rings. The van der Waals surface area contributed by atoms with Gasteiger partial charge in [-0.25, -0.2) is 4.79 Å². The number of rotatable bonds is 15. The molecule has 26 heavy (non-hydrogen) atoms.